The van der Waals surface area contributed by atoms with Crippen LogP contribution in [0.1, 0.15) is 44.0 Å². The molecule has 0 aliphatic rings. The van der Waals surface area contributed by atoms with E-state index in [0.717, 1.165) is 5.56 Å². The van der Waals surface area contributed by atoms with Gasteiger partial charge in [0, 0.05) is 6.54 Å². The molecule has 2 aromatic rings. The van der Waals surface area contributed by atoms with Gasteiger partial charge >= 0.3 is 6.09 Å². The van der Waals surface area contributed by atoms with Gasteiger partial charge < -0.3 is 20.3 Å². The predicted octanol–water partition coefficient (Wildman–Crippen LogP) is 3.67. The molecule has 2 rings (SSSR count). The Morgan fingerprint density at radius 3 is 1.93 bits per heavy atom. The monoisotopic (exact) mass is 397 g/mol. The van der Waals surface area contributed by atoms with E-state index in [-0.39, 0.29) is 11.9 Å². The molecule has 2 unspecified atom stereocenters. The molecule has 2 atom stereocenters. The van der Waals surface area contributed by atoms with E-state index in [4.69, 9.17) is 4.74 Å². The number of ether oxygens (including phenoxy) is 1. The third-order valence-electron chi connectivity index (χ3n) is 4.33. The molecule has 29 heavy (non-hydrogen) atoms. The number of amides is 2. The van der Waals surface area contributed by atoms with E-state index in [0.29, 0.717) is 12.1 Å². The lowest BCUT2D eigenvalue weighted by Crippen LogP contribution is -2.44. The Balaban J connectivity index is 2.13. The molecule has 2 amide bonds. The third kappa shape index (κ3) is 7.23. The summed E-state index contributed by atoms with van der Waals surface area (Å²) in [7, 11) is 3.94. The number of rotatable bonds is 7. The summed E-state index contributed by atoms with van der Waals surface area (Å²) >= 11 is 0. The zero-order chi connectivity index (χ0) is 21.4. The van der Waals surface area contributed by atoms with Crippen molar-refractivity contribution in [2.45, 2.75) is 38.5 Å². The number of likely N-dealkylation sites (N-methyl/N-ethyl adjacent to an activating group) is 1. The maximum atomic E-state index is 13.0. The number of nitrogens with one attached hydrogen (secondary N) is 2. The molecule has 6 heteroatoms. The number of nitrogens with zero attached hydrogens (tertiary/aromatic N) is 1. The molecule has 0 bridgehead atoms. The second-order valence-electron chi connectivity index (χ2n) is 8.13. The third-order valence-corrected chi connectivity index (χ3v) is 4.33. The van der Waals surface area contributed by atoms with Crippen LogP contribution in [0.2, 0.25) is 0 Å². The van der Waals surface area contributed by atoms with Gasteiger partial charge in [-0.15, -0.1) is 0 Å². The van der Waals surface area contributed by atoms with Crippen molar-refractivity contribution < 1.29 is 14.3 Å². The van der Waals surface area contributed by atoms with Gasteiger partial charge in [0.05, 0.1) is 6.04 Å². The first-order chi connectivity index (χ1) is 13.7. The number of carbonyl (C=O) groups is 2. The second kappa shape index (κ2) is 10.1. The molecule has 2 aromatic carbocycles. The molecule has 0 aliphatic carbocycles. The summed E-state index contributed by atoms with van der Waals surface area (Å²) in [5.74, 6) is -0.287. The van der Waals surface area contributed by atoms with E-state index < -0.39 is 17.7 Å². The minimum Gasteiger partial charge on any atom is -0.444 e. The fourth-order valence-corrected chi connectivity index (χ4v) is 2.94. The Kier molecular flexibility index (Phi) is 7.79. The number of carbonyl (C=O) groups excluding carboxylic acids is 2. The first kappa shape index (κ1) is 22.4. The number of benzene rings is 2. The number of alkyl carbamates (subject to hydrolysis) is 1. The molecule has 0 fully saturated rings. The highest BCUT2D eigenvalue weighted by atomic mass is 16.6. The average Bonchev–Trinajstić information content (AvgIpc) is 2.66. The van der Waals surface area contributed by atoms with Crippen molar-refractivity contribution in [1.82, 2.24) is 15.5 Å². The van der Waals surface area contributed by atoms with Crippen LogP contribution in [0, 0.1) is 0 Å². The van der Waals surface area contributed by atoms with Crippen LogP contribution in [0.5, 0.6) is 0 Å². The largest absolute Gasteiger partial charge is 0.444 e. The molecule has 0 heterocycles. The van der Waals surface area contributed by atoms with Gasteiger partial charge in [-0.3, -0.25) is 4.79 Å². The van der Waals surface area contributed by atoms with Gasteiger partial charge in [-0.1, -0.05) is 60.7 Å². The topological polar surface area (TPSA) is 70.7 Å². The minimum atomic E-state index is -0.843. The van der Waals surface area contributed by atoms with E-state index in [2.05, 4.69) is 15.5 Å². The number of hydrogen-bond acceptors (Lipinski definition) is 4. The SMILES string of the molecule is CN(C)C(CNC(=O)C(NC(=O)OC(C)(C)C)c1ccccc1)c1ccccc1. The maximum Gasteiger partial charge on any atom is 0.408 e. The van der Waals surface area contributed by atoms with Crippen molar-refractivity contribution in [2.24, 2.45) is 0 Å². The fraction of sp³-hybridized carbons (Fsp3) is 0.391. The lowest BCUT2D eigenvalue weighted by molar-refractivity contribution is -0.123. The van der Waals surface area contributed by atoms with Gasteiger partial charge in [-0.25, -0.2) is 4.79 Å². The Bertz CT molecular complexity index is 786. The summed E-state index contributed by atoms with van der Waals surface area (Å²) in [6.45, 7) is 5.76. The highest BCUT2D eigenvalue weighted by molar-refractivity contribution is 5.87. The van der Waals surface area contributed by atoms with Gasteiger partial charge in [0.15, 0.2) is 0 Å². The Morgan fingerprint density at radius 2 is 1.45 bits per heavy atom. The van der Waals surface area contributed by atoms with E-state index in [1.807, 2.05) is 74.8 Å². The van der Waals surface area contributed by atoms with E-state index in [1.54, 1.807) is 20.8 Å². The van der Waals surface area contributed by atoms with Crippen LogP contribution in [-0.4, -0.2) is 43.1 Å². The minimum absolute atomic E-state index is 0.0121. The quantitative estimate of drug-likeness (QED) is 0.748. The zero-order valence-corrected chi connectivity index (χ0v) is 17.8. The summed E-state index contributed by atoms with van der Waals surface area (Å²) < 4.78 is 5.33. The van der Waals surface area contributed by atoms with Crippen molar-refractivity contribution in [2.75, 3.05) is 20.6 Å². The summed E-state index contributed by atoms with van der Waals surface area (Å²) in [6, 6.07) is 18.3. The fourth-order valence-electron chi connectivity index (χ4n) is 2.94. The second-order valence-corrected chi connectivity index (χ2v) is 8.13. The van der Waals surface area contributed by atoms with E-state index in [1.165, 1.54) is 0 Å². The molecule has 6 nitrogen and oxygen atoms in total. The van der Waals surface area contributed by atoms with Crippen molar-refractivity contribution in [1.29, 1.82) is 0 Å². The first-order valence-electron chi connectivity index (χ1n) is 9.71. The van der Waals surface area contributed by atoms with Crippen molar-refractivity contribution in [3.05, 3.63) is 71.8 Å². The highest BCUT2D eigenvalue weighted by Crippen LogP contribution is 2.19. The van der Waals surface area contributed by atoms with Crippen molar-refractivity contribution in [3.63, 3.8) is 0 Å². The van der Waals surface area contributed by atoms with Crippen LogP contribution in [0.15, 0.2) is 60.7 Å². The lowest BCUT2D eigenvalue weighted by Gasteiger charge is -2.27. The molecule has 0 radical (unpaired) electrons. The lowest BCUT2D eigenvalue weighted by atomic mass is 10.0. The van der Waals surface area contributed by atoms with Gasteiger partial charge in [-0.2, -0.15) is 0 Å². The van der Waals surface area contributed by atoms with Crippen LogP contribution in [0.3, 0.4) is 0 Å². The van der Waals surface area contributed by atoms with Crippen molar-refractivity contribution >= 4 is 12.0 Å². The van der Waals surface area contributed by atoms with Crippen LogP contribution >= 0.6 is 0 Å². The molecular formula is C23H31N3O3. The van der Waals surface area contributed by atoms with Crippen LogP contribution in [0.25, 0.3) is 0 Å². The highest BCUT2D eigenvalue weighted by Gasteiger charge is 2.26. The summed E-state index contributed by atoms with van der Waals surface area (Å²) in [5.41, 5.74) is 1.15. The van der Waals surface area contributed by atoms with Gasteiger partial charge in [0.25, 0.3) is 0 Å². The van der Waals surface area contributed by atoms with Crippen LogP contribution in [0.4, 0.5) is 4.79 Å². The molecule has 0 saturated heterocycles. The summed E-state index contributed by atoms with van der Waals surface area (Å²) in [4.78, 5) is 27.3. The van der Waals surface area contributed by atoms with Gasteiger partial charge in [-0.05, 0) is 46.0 Å². The molecule has 0 spiro atoms. The van der Waals surface area contributed by atoms with Crippen molar-refractivity contribution in [3.8, 4) is 0 Å². The summed E-state index contributed by atoms with van der Waals surface area (Å²) in [6.07, 6.45) is -0.631. The smallest absolute Gasteiger partial charge is 0.408 e. The summed E-state index contributed by atoms with van der Waals surface area (Å²) in [5, 5.41) is 5.67. The standard InChI is InChI=1S/C23H31N3O3/c1-23(2,3)29-22(28)25-20(18-14-10-7-11-15-18)21(27)24-16-19(26(4)5)17-12-8-6-9-13-17/h6-15,19-20H,16H2,1-5H3,(H,24,27)(H,25,28). The normalized spacial score (nSPS) is 13.4. The molecular weight excluding hydrogens is 366 g/mol. The van der Waals surface area contributed by atoms with Gasteiger partial charge in [0.2, 0.25) is 5.91 Å². The van der Waals surface area contributed by atoms with Crippen LogP contribution in [-0.2, 0) is 9.53 Å². The first-order valence-corrected chi connectivity index (χ1v) is 9.71. The Hall–Kier alpha value is -2.86. The zero-order valence-electron chi connectivity index (χ0n) is 17.8. The average molecular weight is 398 g/mol. The molecule has 0 aliphatic heterocycles. The molecule has 0 saturated carbocycles. The molecule has 2 N–H and O–H groups in total. The predicted molar refractivity (Wildman–Crippen MR) is 114 cm³/mol. The van der Waals surface area contributed by atoms with Gasteiger partial charge in [0.1, 0.15) is 11.6 Å². The number of hydrogen-bond donors (Lipinski definition) is 2. The molecule has 0 aromatic heterocycles. The Morgan fingerprint density at radius 1 is 0.931 bits per heavy atom. The van der Waals surface area contributed by atoms with E-state index in [9.17, 15) is 9.59 Å². The van der Waals surface area contributed by atoms with E-state index >= 15 is 0 Å². The maximum absolute atomic E-state index is 13.0. The Labute approximate surface area is 173 Å². The molecule has 156 valence electrons. The van der Waals surface area contributed by atoms with Crippen LogP contribution < -0.4 is 10.6 Å².